The Labute approximate surface area is 119 Å². The topological polar surface area (TPSA) is 81.7 Å². The monoisotopic (exact) mass is 285 g/mol. The molecule has 0 heterocycles. The molecule has 1 atom stereocenters. The Kier molecular flexibility index (Phi) is 7.04. The normalized spacial score (nSPS) is 17.1. The van der Waals surface area contributed by atoms with E-state index in [2.05, 4.69) is 14.8 Å². The van der Waals surface area contributed by atoms with E-state index in [0.29, 0.717) is 0 Å². The number of amides is 1. The van der Waals surface area contributed by atoms with Crippen molar-refractivity contribution in [1.82, 2.24) is 5.32 Å². The second-order valence-corrected chi connectivity index (χ2v) is 5.03. The fraction of sp³-hybridized carbons (Fsp3) is 0.786. The van der Waals surface area contributed by atoms with E-state index in [-0.39, 0.29) is 24.7 Å². The summed E-state index contributed by atoms with van der Waals surface area (Å²) < 4.78 is 9.19. The summed E-state index contributed by atoms with van der Waals surface area (Å²) in [6.07, 6.45) is 5.23. The zero-order chi connectivity index (χ0) is 15.0. The molecule has 6 nitrogen and oxygen atoms in total. The van der Waals surface area contributed by atoms with E-state index < -0.39 is 18.0 Å². The Morgan fingerprint density at radius 1 is 1.10 bits per heavy atom. The lowest BCUT2D eigenvalue weighted by Gasteiger charge is -2.23. The lowest BCUT2D eigenvalue weighted by atomic mass is 9.88. The summed E-state index contributed by atoms with van der Waals surface area (Å²) >= 11 is 0. The molecule has 1 amide bonds. The standard InChI is InChI=1S/C14H23NO5/c1-19-12(16)9-8-11(14(18)20-2)15-13(17)10-6-4-3-5-7-10/h10-11H,3-9H2,1-2H3,(H,15,17)/t11-/m0/s1. The van der Waals surface area contributed by atoms with Crippen LogP contribution in [0.3, 0.4) is 0 Å². The van der Waals surface area contributed by atoms with Crippen molar-refractivity contribution in [1.29, 1.82) is 0 Å². The SMILES string of the molecule is COC(=O)CC[C@H](NC(=O)C1CCCCC1)C(=O)OC. The first kappa shape index (κ1) is 16.5. The molecule has 1 fully saturated rings. The van der Waals surface area contributed by atoms with E-state index in [1.165, 1.54) is 14.2 Å². The second kappa shape index (κ2) is 8.55. The number of methoxy groups -OCH3 is 2. The molecule has 0 unspecified atom stereocenters. The van der Waals surface area contributed by atoms with Gasteiger partial charge in [0, 0.05) is 12.3 Å². The fourth-order valence-electron chi connectivity index (χ4n) is 2.41. The second-order valence-electron chi connectivity index (χ2n) is 5.03. The fourth-order valence-corrected chi connectivity index (χ4v) is 2.41. The van der Waals surface area contributed by atoms with Crippen LogP contribution in [0.15, 0.2) is 0 Å². The van der Waals surface area contributed by atoms with Gasteiger partial charge < -0.3 is 14.8 Å². The van der Waals surface area contributed by atoms with Gasteiger partial charge in [0.1, 0.15) is 6.04 Å². The van der Waals surface area contributed by atoms with Gasteiger partial charge in [0.05, 0.1) is 14.2 Å². The van der Waals surface area contributed by atoms with E-state index in [0.717, 1.165) is 32.1 Å². The first-order chi connectivity index (χ1) is 9.58. The van der Waals surface area contributed by atoms with Crippen molar-refractivity contribution in [3.05, 3.63) is 0 Å². The van der Waals surface area contributed by atoms with Crippen LogP contribution in [-0.2, 0) is 23.9 Å². The van der Waals surface area contributed by atoms with Gasteiger partial charge in [-0.05, 0) is 19.3 Å². The van der Waals surface area contributed by atoms with E-state index in [1.54, 1.807) is 0 Å². The molecule has 20 heavy (non-hydrogen) atoms. The number of carbonyl (C=O) groups is 3. The summed E-state index contributed by atoms with van der Waals surface area (Å²) in [6, 6.07) is -0.784. The Hall–Kier alpha value is -1.59. The number of esters is 2. The van der Waals surface area contributed by atoms with Crippen molar-refractivity contribution in [3.63, 3.8) is 0 Å². The van der Waals surface area contributed by atoms with Gasteiger partial charge in [-0.25, -0.2) is 4.79 Å². The summed E-state index contributed by atoms with van der Waals surface area (Å²) in [7, 11) is 2.55. The van der Waals surface area contributed by atoms with Crippen molar-refractivity contribution in [2.75, 3.05) is 14.2 Å². The Morgan fingerprint density at radius 3 is 2.30 bits per heavy atom. The van der Waals surface area contributed by atoms with Gasteiger partial charge >= 0.3 is 11.9 Å². The van der Waals surface area contributed by atoms with Gasteiger partial charge in [0.25, 0.3) is 0 Å². The summed E-state index contributed by atoms with van der Waals surface area (Å²) in [6.45, 7) is 0. The van der Waals surface area contributed by atoms with Crippen LogP contribution in [0.5, 0.6) is 0 Å². The molecule has 0 saturated heterocycles. The van der Waals surface area contributed by atoms with Crippen molar-refractivity contribution in [2.24, 2.45) is 5.92 Å². The molecule has 1 saturated carbocycles. The predicted octanol–water partition coefficient (Wildman–Crippen LogP) is 1.18. The van der Waals surface area contributed by atoms with Gasteiger partial charge in [-0.1, -0.05) is 19.3 Å². The summed E-state index contributed by atoms with van der Waals surface area (Å²) in [5.74, 6) is -1.09. The largest absolute Gasteiger partial charge is 0.469 e. The average Bonchev–Trinajstić information content (AvgIpc) is 2.50. The number of hydrogen-bond donors (Lipinski definition) is 1. The van der Waals surface area contributed by atoms with Gasteiger partial charge in [-0.3, -0.25) is 9.59 Å². The molecule has 0 aromatic heterocycles. The van der Waals surface area contributed by atoms with Gasteiger partial charge in [-0.15, -0.1) is 0 Å². The summed E-state index contributed by atoms with van der Waals surface area (Å²) in [5, 5.41) is 2.70. The maximum atomic E-state index is 12.1. The Morgan fingerprint density at radius 2 is 1.75 bits per heavy atom. The van der Waals surface area contributed by atoms with E-state index >= 15 is 0 Å². The quantitative estimate of drug-likeness (QED) is 0.741. The maximum Gasteiger partial charge on any atom is 0.328 e. The molecule has 0 aromatic carbocycles. The smallest absolute Gasteiger partial charge is 0.328 e. The van der Waals surface area contributed by atoms with Crippen LogP contribution in [0.1, 0.15) is 44.9 Å². The van der Waals surface area contributed by atoms with Crippen LogP contribution in [0.2, 0.25) is 0 Å². The number of rotatable bonds is 6. The van der Waals surface area contributed by atoms with Gasteiger partial charge in [0.2, 0.25) is 5.91 Å². The van der Waals surface area contributed by atoms with Crippen molar-refractivity contribution in [3.8, 4) is 0 Å². The molecule has 1 aliphatic carbocycles. The van der Waals surface area contributed by atoms with Crippen molar-refractivity contribution < 1.29 is 23.9 Å². The third-order valence-electron chi connectivity index (χ3n) is 3.64. The van der Waals surface area contributed by atoms with Gasteiger partial charge in [0.15, 0.2) is 0 Å². The Bertz CT molecular complexity index is 349. The van der Waals surface area contributed by atoms with Crippen LogP contribution >= 0.6 is 0 Å². The third-order valence-corrected chi connectivity index (χ3v) is 3.64. The van der Waals surface area contributed by atoms with E-state index in [1.807, 2.05) is 0 Å². The molecule has 0 aromatic rings. The highest BCUT2D eigenvalue weighted by Gasteiger charge is 2.27. The molecule has 0 bridgehead atoms. The van der Waals surface area contributed by atoms with E-state index in [4.69, 9.17) is 0 Å². The van der Waals surface area contributed by atoms with E-state index in [9.17, 15) is 14.4 Å². The number of carbonyl (C=O) groups excluding carboxylic acids is 3. The number of nitrogens with one attached hydrogen (secondary N) is 1. The Balaban J connectivity index is 2.52. The lowest BCUT2D eigenvalue weighted by molar-refractivity contribution is -0.147. The lowest BCUT2D eigenvalue weighted by Crippen LogP contribution is -2.44. The molecule has 0 aliphatic heterocycles. The molecule has 1 rings (SSSR count). The van der Waals surface area contributed by atoms with Crippen molar-refractivity contribution >= 4 is 17.8 Å². The zero-order valence-electron chi connectivity index (χ0n) is 12.1. The first-order valence-corrected chi connectivity index (χ1v) is 7.03. The van der Waals surface area contributed by atoms with Crippen molar-refractivity contribution in [2.45, 2.75) is 51.0 Å². The summed E-state index contributed by atoms with van der Waals surface area (Å²) in [4.78, 5) is 34.9. The molecule has 0 spiro atoms. The average molecular weight is 285 g/mol. The molecule has 6 heteroatoms. The highest BCUT2D eigenvalue weighted by Crippen LogP contribution is 2.23. The highest BCUT2D eigenvalue weighted by molar-refractivity contribution is 5.86. The maximum absolute atomic E-state index is 12.1. The molecular weight excluding hydrogens is 262 g/mol. The van der Waals surface area contributed by atoms with Crippen LogP contribution < -0.4 is 5.32 Å². The number of ether oxygens (including phenoxy) is 2. The molecule has 114 valence electrons. The molecular formula is C14H23NO5. The third kappa shape index (κ3) is 5.19. The minimum absolute atomic E-state index is 0.0333. The van der Waals surface area contributed by atoms with Crippen LogP contribution in [0.25, 0.3) is 0 Å². The first-order valence-electron chi connectivity index (χ1n) is 7.03. The van der Waals surface area contributed by atoms with Crippen LogP contribution in [0, 0.1) is 5.92 Å². The van der Waals surface area contributed by atoms with Gasteiger partial charge in [-0.2, -0.15) is 0 Å². The minimum atomic E-state index is -0.784. The predicted molar refractivity (Wildman–Crippen MR) is 71.8 cm³/mol. The molecule has 1 N–H and O–H groups in total. The zero-order valence-corrected chi connectivity index (χ0v) is 12.1. The minimum Gasteiger partial charge on any atom is -0.469 e. The van der Waals surface area contributed by atoms with Crippen LogP contribution in [-0.4, -0.2) is 38.1 Å². The molecule has 0 radical (unpaired) electrons. The summed E-state index contributed by atoms with van der Waals surface area (Å²) in [5.41, 5.74) is 0. The van der Waals surface area contributed by atoms with Crippen LogP contribution in [0.4, 0.5) is 0 Å². The highest BCUT2D eigenvalue weighted by atomic mass is 16.5. The number of hydrogen-bond acceptors (Lipinski definition) is 5. The molecule has 1 aliphatic rings.